The number of hydrogen-bond acceptors (Lipinski definition) is 5. The van der Waals surface area contributed by atoms with E-state index in [2.05, 4.69) is 63.5 Å². The van der Waals surface area contributed by atoms with Crippen molar-refractivity contribution in [2.24, 2.45) is 0 Å². The number of hydrogen-bond donors (Lipinski definition) is 0. The SMILES string of the molecule is COc1ccc(-c2nc(Cl)c(I)c(C(C)(C)C)n2)nn1. The van der Waals surface area contributed by atoms with Gasteiger partial charge >= 0.3 is 0 Å². The molecule has 2 heterocycles. The lowest BCUT2D eigenvalue weighted by Gasteiger charge is -2.20. The quantitative estimate of drug-likeness (QED) is 0.566. The zero-order valence-corrected chi connectivity index (χ0v) is 14.5. The van der Waals surface area contributed by atoms with Crippen molar-refractivity contribution in [3.05, 3.63) is 26.5 Å². The fourth-order valence-corrected chi connectivity index (χ4v) is 2.80. The average Bonchev–Trinajstić information content (AvgIpc) is 2.40. The first kappa shape index (κ1) is 15.4. The van der Waals surface area contributed by atoms with Gasteiger partial charge in [-0.3, -0.25) is 0 Å². The van der Waals surface area contributed by atoms with Crippen LogP contribution in [-0.2, 0) is 5.41 Å². The first-order valence-electron chi connectivity index (χ1n) is 5.94. The van der Waals surface area contributed by atoms with E-state index in [1.807, 2.05) is 0 Å². The second-order valence-electron chi connectivity index (χ2n) is 5.21. The number of rotatable bonds is 2. The fourth-order valence-electron chi connectivity index (χ4n) is 1.58. The summed E-state index contributed by atoms with van der Waals surface area (Å²) in [4.78, 5) is 8.86. The smallest absolute Gasteiger partial charge is 0.233 e. The number of aromatic nitrogens is 4. The lowest BCUT2D eigenvalue weighted by Crippen LogP contribution is -2.17. The van der Waals surface area contributed by atoms with Gasteiger partial charge in [-0.1, -0.05) is 32.4 Å². The van der Waals surface area contributed by atoms with Crippen LogP contribution < -0.4 is 4.74 Å². The Hall–Kier alpha value is -1.02. The number of ether oxygens (including phenoxy) is 1. The monoisotopic (exact) mass is 404 g/mol. The Morgan fingerprint density at radius 3 is 2.35 bits per heavy atom. The van der Waals surface area contributed by atoms with Crippen LogP contribution in [0.5, 0.6) is 5.88 Å². The van der Waals surface area contributed by atoms with Crippen molar-refractivity contribution in [3.8, 4) is 17.4 Å². The number of methoxy groups -OCH3 is 1. The van der Waals surface area contributed by atoms with E-state index in [0.717, 1.165) is 9.26 Å². The summed E-state index contributed by atoms with van der Waals surface area (Å²) in [6.07, 6.45) is 0. The molecule has 0 bridgehead atoms. The minimum Gasteiger partial charge on any atom is -0.480 e. The maximum absolute atomic E-state index is 6.20. The molecule has 0 fully saturated rings. The van der Waals surface area contributed by atoms with Crippen LogP contribution in [0.4, 0.5) is 0 Å². The highest BCUT2D eigenvalue weighted by atomic mass is 127. The highest BCUT2D eigenvalue weighted by Gasteiger charge is 2.23. The Balaban J connectivity index is 2.54. The molecule has 0 radical (unpaired) electrons. The van der Waals surface area contributed by atoms with Gasteiger partial charge in [0.15, 0.2) is 5.82 Å². The third kappa shape index (κ3) is 3.17. The summed E-state index contributed by atoms with van der Waals surface area (Å²) in [5, 5.41) is 8.40. The summed E-state index contributed by atoms with van der Waals surface area (Å²) in [6, 6.07) is 3.48. The van der Waals surface area contributed by atoms with Crippen molar-refractivity contribution in [2.45, 2.75) is 26.2 Å². The lowest BCUT2D eigenvalue weighted by atomic mass is 9.92. The predicted octanol–water partition coefficient (Wildman–Crippen LogP) is 3.50. The second-order valence-corrected chi connectivity index (χ2v) is 6.65. The molecule has 7 heteroatoms. The van der Waals surface area contributed by atoms with Gasteiger partial charge in [0, 0.05) is 11.5 Å². The molecule has 2 aromatic rings. The molecule has 0 aliphatic heterocycles. The van der Waals surface area contributed by atoms with E-state index in [4.69, 9.17) is 16.3 Å². The van der Waals surface area contributed by atoms with Gasteiger partial charge in [-0.15, -0.1) is 10.2 Å². The van der Waals surface area contributed by atoms with Crippen molar-refractivity contribution in [2.75, 3.05) is 7.11 Å². The Morgan fingerprint density at radius 2 is 1.85 bits per heavy atom. The summed E-state index contributed by atoms with van der Waals surface area (Å²) >= 11 is 8.37. The van der Waals surface area contributed by atoms with E-state index in [1.165, 1.54) is 0 Å². The van der Waals surface area contributed by atoms with Gasteiger partial charge in [0.2, 0.25) is 5.88 Å². The van der Waals surface area contributed by atoms with Gasteiger partial charge in [-0.2, -0.15) is 0 Å². The summed E-state index contributed by atoms with van der Waals surface area (Å²) < 4.78 is 5.85. The third-order valence-corrected chi connectivity index (χ3v) is 4.21. The van der Waals surface area contributed by atoms with E-state index in [0.29, 0.717) is 22.6 Å². The van der Waals surface area contributed by atoms with Gasteiger partial charge in [0.25, 0.3) is 0 Å². The second kappa shape index (κ2) is 5.77. The molecule has 0 saturated heterocycles. The number of nitrogens with zero attached hydrogens (tertiary/aromatic N) is 4. The molecule has 0 aromatic carbocycles. The van der Waals surface area contributed by atoms with Gasteiger partial charge in [-0.05, 0) is 28.7 Å². The molecule has 0 N–H and O–H groups in total. The zero-order chi connectivity index (χ0) is 14.9. The van der Waals surface area contributed by atoms with Crippen LogP contribution in [-0.4, -0.2) is 27.3 Å². The van der Waals surface area contributed by atoms with Crippen LogP contribution in [0.25, 0.3) is 11.5 Å². The molecular formula is C13H14ClIN4O. The topological polar surface area (TPSA) is 60.8 Å². The largest absolute Gasteiger partial charge is 0.480 e. The fraction of sp³-hybridized carbons (Fsp3) is 0.385. The van der Waals surface area contributed by atoms with Crippen LogP contribution in [0.3, 0.4) is 0 Å². The van der Waals surface area contributed by atoms with Crippen molar-refractivity contribution in [1.82, 2.24) is 20.2 Å². The van der Waals surface area contributed by atoms with Crippen LogP contribution in [0, 0.1) is 3.57 Å². The van der Waals surface area contributed by atoms with E-state index >= 15 is 0 Å². The van der Waals surface area contributed by atoms with Crippen molar-refractivity contribution >= 4 is 34.2 Å². The molecule has 2 aromatic heterocycles. The van der Waals surface area contributed by atoms with Gasteiger partial charge in [0.05, 0.1) is 16.4 Å². The Morgan fingerprint density at radius 1 is 1.15 bits per heavy atom. The van der Waals surface area contributed by atoms with Crippen LogP contribution >= 0.6 is 34.2 Å². The zero-order valence-electron chi connectivity index (χ0n) is 11.6. The predicted molar refractivity (Wildman–Crippen MR) is 86.0 cm³/mol. The Bertz CT molecular complexity index is 626. The van der Waals surface area contributed by atoms with E-state index < -0.39 is 0 Å². The van der Waals surface area contributed by atoms with Crippen LogP contribution in [0.2, 0.25) is 5.15 Å². The molecule has 106 valence electrons. The molecule has 0 atom stereocenters. The normalized spacial score (nSPS) is 11.5. The molecule has 0 unspecified atom stereocenters. The molecule has 5 nitrogen and oxygen atoms in total. The van der Waals surface area contributed by atoms with Gasteiger partial charge < -0.3 is 4.74 Å². The minimum absolute atomic E-state index is 0.127. The molecule has 20 heavy (non-hydrogen) atoms. The maximum atomic E-state index is 6.20. The Labute approximate surface area is 136 Å². The number of halogens is 2. The van der Waals surface area contributed by atoms with E-state index in [-0.39, 0.29) is 5.41 Å². The molecule has 0 saturated carbocycles. The molecule has 2 rings (SSSR count). The molecule has 0 aliphatic rings. The molecule has 0 spiro atoms. The first-order valence-corrected chi connectivity index (χ1v) is 7.40. The highest BCUT2D eigenvalue weighted by molar-refractivity contribution is 14.1. The first-order chi connectivity index (χ1) is 9.32. The minimum atomic E-state index is -0.127. The Kier molecular flexibility index (Phi) is 4.43. The molecular weight excluding hydrogens is 391 g/mol. The summed E-state index contributed by atoms with van der Waals surface area (Å²) in [5.74, 6) is 0.914. The lowest BCUT2D eigenvalue weighted by molar-refractivity contribution is 0.392. The van der Waals surface area contributed by atoms with Gasteiger partial charge in [-0.25, -0.2) is 9.97 Å². The summed E-state index contributed by atoms with van der Waals surface area (Å²) in [7, 11) is 1.54. The summed E-state index contributed by atoms with van der Waals surface area (Å²) in [6.45, 7) is 6.24. The standard InChI is InChI=1S/C13H14ClIN4O/c1-13(2,3)10-9(15)11(14)17-12(16-10)7-5-6-8(20-4)19-18-7/h5-6H,1-4H3. The highest BCUT2D eigenvalue weighted by Crippen LogP contribution is 2.30. The van der Waals surface area contributed by atoms with Crippen molar-refractivity contribution in [1.29, 1.82) is 0 Å². The molecule has 0 amide bonds. The van der Waals surface area contributed by atoms with Crippen LogP contribution in [0.1, 0.15) is 26.5 Å². The van der Waals surface area contributed by atoms with E-state index in [1.54, 1.807) is 19.2 Å². The van der Waals surface area contributed by atoms with Gasteiger partial charge in [0.1, 0.15) is 10.8 Å². The third-order valence-electron chi connectivity index (χ3n) is 2.60. The maximum Gasteiger partial charge on any atom is 0.233 e. The van der Waals surface area contributed by atoms with Crippen molar-refractivity contribution < 1.29 is 4.74 Å². The van der Waals surface area contributed by atoms with Crippen LogP contribution in [0.15, 0.2) is 12.1 Å². The van der Waals surface area contributed by atoms with Crippen molar-refractivity contribution in [3.63, 3.8) is 0 Å². The summed E-state index contributed by atoms with van der Waals surface area (Å²) in [5.41, 5.74) is 1.33. The van der Waals surface area contributed by atoms with E-state index in [9.17, 15) is 0 Å². The molecule has 0 aliphatic carbocycles. The average molecular weight is 405 g/mol.